The van der Waals surface area contributed by atoms with Crippen molar-refractivity contribution in [2.75, 3.05) is 19.7 Å². The quantitative estimate of drug-likeness (QED) is 0.826. The lowest BCUT2D eigenvalue weighted by molar-refractivity contribution is 0.0177. The maximum atomic E-state index is 11.9. The average molecular weight is 249 g/mol. The SMILES string of the molecule is CCOC1CCN(C(=O)Oc2ccccc2)CC1. The number of ether oxygens (including phenoxy) is 2. The van der Waals surface area contributed by atoms with Gasteiger partial charge in [0.25, 0.3) is 0 Å². The minimum atomic E-state index is -0.267. The minimum absolute atomic E-state index is 0.267. The van der Waals surface area contributed by atoms with Crippen molar-refractivity contribution >= 4 is 6.09 Å². The molecule has 4 heteroatoms. The van der Waals surface area contributed by atoms with Crippen LogP contribution in [0.2, 0.25) is 0 Å². The van der Waals surface area contributed by atoms with Gasteiger partial charge in [0.15, 0.2) is 0 Å². The van der Waals surface area contributed by atoms with Crippen LogP contribution in [0, 0.1) is 0 Å². The van der Waals surface area contributed by atoms with Crippen LogP contribution in [-0.4, -0.2) is 36.8 Å². The van der Waals surface area contributed by atoms with Crippen LogP contribution >= 0.6 is 0 Å². The molecular weight excluding hydrogens is 230 g/mol. The van der Waals surface area contributed by atoms with E-state index >= 15 is 0 Å². The summed E-state index contributed by atoms with van der Waals surface area (Å²) in [6, 6.07) is 9.16. The third kappa shape index (κ3) is 3.47. The average Bonchev–Trinajstić information content (AvgIpc) is 2.41. The van der Waals surface area contributed by atoms with E-state index in [1.54, 1.807) is 17.0 Å². The van der Waals surface area contributed by atoms with Gasteiger partial charge in [-0.2, -0.15) is 0 Å². The van der Waals surface area contributed by atoms with Gasteiger partial charge in [0.1, 0.15) is 5.75 Å². The predicted molar refractivity (Wildman–Crippen MR) is 68.7 cm³/mol. The van der Waals surface area contributed by atoms with Crippen molar-refractivity contribution < 1.29 is 14.3 Å². The van der Waals surface area contributed by atoms with Gasteiger partial charge in [0.2, 0.25) is 0 Å². The first-order valence-electron chi connectivity index (χ1n) is 6.43. The van der Waals surface area contributed by atoms with E-state index in [0.717, 1.165) is 19.4 Å². The lowest BCUT2D eigenvalue weighted by Gasteiger charge is -2.30. The van der Waals surface area contributed by atoms with Gasteiger partial charge in [-0.05, 0) is 31.9 Å². The molecule has 1 aromatic rings. The van der Waals surface area contributed by atoms with Gasteiger partial charge >= 0.3 is 6.09 Å². The Morgan fingerprint density at radius 2 is 1.94 bits per heavy atom. The highest BCUT2D eigenvalue weighted by Gasteiger charge is 2.24. The van der Waals surface area contributed by atoms with Crippen molar-refractivity contribution in [2.24, 2.45) is 0 Å². The topological polar surface area (TPSA) is 38.8 Å². The molecule has 0 bridgehead atoms. The molecule has 1 saturated heterocycles. The zero-order valence-electron chi connectivity index (χ0n) is 10.7. The molecule has 1 amide bonds. The number of benzene rings is 1. The van der Waals surface area contributed by atoms with Crippen LogP contribution in [0.25, 0.3) is 0 Å². The predicted octanol–water partition coefficient (Wildman–Crippen LogP) is 2.69. The second kappa shape index (κ2) is 6.40. The summed E-state index contributed by atoms with van der Waals surface area (Å²) >= 11 is 0. The van der Waals surface area contributed by atoms with E-state index in [9.17, 15) is 4.79 Å². The highest BCUT2D eigenvalue weighted by atomic mass is 16.6. The zero-order chi connectivity index (χ0) is 12.8. The van der Waals surface area contributed by atoms with Crippen LogP contribution in [0.4, 0.5) is 4.79 Å². The van der Waals surface area contributed by atoms with E-state index in [2.05, 4.69) is 0 Å². The van der Waals surface area contributed by atoms with Crippen molar-refractivity contribution in [3.63, 3.8) is 0 Å². The Labute approximate surface area is 107 Å². The standard InChI is InChI=1S/C14H19NO3/c1-2-17-12-8-10-15(11-9-12)14(16)18-13-6-4-3-5-7-13/h3-7,12H,2,8-11H2,1H3. The van der Waals surface area contributed by atoms with Crippen LogP contribution in [0.15, 0.2) is 30.3 Å². The first-order valence-corrected chi connectivity index (χ1v) is 6.43. The fourth-order valence-corrected chi connectivity index (χ4v) is 2.09. The van der Waals surface area contributed by atoms with Crippen LogP contribution in [0.5, 0.6) is 5.75 Å². The van der Waals surface area contributed by atoms with Gasteiger partial charge in [-0.15, -0.1) is 0 Å². The molecule has 0 aliphatic carbocycles. The van der Waals surface area contributed by atoms with Gasteiger partial charge < -0.3 is 14.4 Å². The van der Waals surface area contributed by atoms with Gasteiger partial charge in [-0.1, -0.05) is 18.2 Å². The van der Waals surface area contributed by atoms with Gasteiger partial charge in [-0.3, -0.25) is 0 Å². The fraction of sp³-hybridized carbons (Fsp3) is 0.500. The number of likely N-dealkylation sites (tertiary alicyclic amines) is 1. The van der Waals surface area contributed by atoms with Crippen LogP contribution in [-0.2, 0) is 4.74 Å². The molecule has 2 rings (SSSR count). The van der Waals surface area contributed by atoms with Crippen molar-refractivity contribution in [1.82, 2.24) is 4.90 Å². The lowest BCUT2D eigenvalue weighted by Crippen LogP contribution is -2.42. The maximum absolute atomic E-state index is 11.9. The fourth-order valence-electron chi connectivity index (χ4n) is 2.09. The monoisotopic (exact) mass is 249 g/mol. The number of hydrogen-bond donors (Lipinski definition) is 0. The van der Waals surface area contributed by atoms with E-state index in [0.29, 0.717) is 18.8 Å². The number of nitrogens with zero attached hydrogens (tertiary/aromatic N) is 1. The minimum Gasteiger partial charge on any atom is -0.410 e. The number of para-hydroxylation sites is 1. The molecule has 0 N–H and O–H groups in total. The van der Waals surface area contributed by atoms with E-state index in [1.807, 2.05) is 25.1 Å². The molecule has 18 heavy (non-hydrogen) atoms. The van der Waals surface area contributed by atoms with Crippen molar-refractivity contribution in [3.8, 4) is 5.75 Å². The second-order valence-corrected chi connectivity index (χ2v) is 4.32. The number of piperidine rings is 1. The third-order valence-corrected chi connectivity index (χ3v) is 3.05. The number of amides is 1. The van der Waals surface area contributed by atoms with Gasteiger partial charge in [0, 0.05) is 19.7 Å². The van der Waals surface area contributed by atoms with Gasteiger partial charge in [0.05, 0.1) is 6.10 Å². The highest BCUT2D eigenvalue weighted by Crippen LogP contribution is 2.16. The number of hydrogen-bond acceptors (Lipinski definition) is 3. The Hall–Kier alpha value is -1.55. The molecule has 4 nitrogen and oxygen atoms in total. The van der Waals surface area contributed by atoms with Crippen molar-refractivity contribution in [1.29, 1.82) is 0 Å². The Bertz CT molecular complexity index is 372. The van der Waals surface area contributed by atoms with E-state index in [-0.39, 0.29) is 12.2 Å². The largest absolute Gasteiger partial charge is 0.415 e. The Kier molecular flexibility index (Phi) is 4.59. The summed E-state index contributed by atoms with van der Waals surface area (Å²) in [7, 11) is 0. The second-order valence-electron chi connectivity index (χ2n) is 4.32. The molecule has 0 radical (unpaired) electrons. The highest BCUT2D eigenvalue weighted by molar-refractivity contribution is 5.70. The summed E-state index contributed by atoms with van der Waals surface area (Å²) in [5, 5.41) is 0. The van der Waals surface area contributed by atoms with E-state index in [1.165, 1.54) is 0 Å². The molecular formula is C14H19NO3. The van der Waals surface area contributed by atoms with Crippen LogP contribution in [0.3, 0.4) is 0 Å². The summed E-state index contributed by atoms with van der Waals surface area (Å²) in [6.07, 6.45) is 1.79. The van der Waals surface area contributed by atoms with Crippen molar-refractivity contribution in [2.45, 2.75) is 25.9 Å². The van der Waals surface area contributed by atoms with Crippen LogP contribution in [0.1, 0.15) is 19.8 Å². The molecule has 0 aromatic heterocycles. The van der Waals surface area contributed by atoms with Crippen molar-refractivity contribution in [3.05, 3.63) is 30.3 Å². The summed E-state index contributed by atoms with van der Waals surface area (Å²) in [4.78, 5) is 13.6. The summed E-state index contributed by atoms with van der Waals surface area (Å²) < 4.78 is 10.8. The molecule has 98 valence electrons. The summed E-state index contributed by atoms with van der Waals surface area (Å²) in [6.45, 7) is 4.14. The molecule has 1 aliphatic heterocycles. The first kappa shape index (κ1) is 12.9. The maximum Gasteiger partial charge on any atom is 0.415 e. The normalized spacial score (nSPS) is 16.6. The number of carbonyl (C=O) groups is 1. The lowest BCUT2D eigenvalue weighted by atomic mass is 10.1. The number of carbonyl (C=O) groups excluding carboxylic acids is 1. The Balaban J connectivity index is 1.81. The smallest absolute Gasteiger partial charge is 0.410 e. The summed E-state index contributed by atoms with van der Waals surface area (Å²) in [5.74, 6) is 0.592. The molecule has 1 aromatic carbocycles. The van der Waals surface area contributed by atoms with E-state index < -0.39 is 0 Å². The molecule has 0 atom stereocenters. The molecule has 1 aliphatic rings. The molecule has 0 spiro atoms. The Morgan fingerprint density at radius 3 is 2.56 bits per heavy atom. The number of rotatable bonds is 3. The molecule has 0 unspecified atom stereocenters. The first-order chi connectivity index (χ1) is 8.79. The molecule has 1 fully saturated rings. The Morgan fingerprint density at radius 1 is 1.28 bits per heavy atom. The molecule has 0 saturated carbocycles. The van der Waals surface area contributed by atoms with Gasteiger partial charge in [-0.25, -0.2) is 4.79 Å². The molecule has 1 heterocycles. The van der Waals surface area contributed by atoms with Crippen LogP contribution < -0.4 is 4.74 Å². The van der Waals surface area contributed by atoms with E-state index in [4.69, 9.17) is 9.47 Å². The summed E-state index contributed by atoms with van der Waals surface area (Å²) in [5.41, 5.74) is 0. The third-order valence-electron chi connectivity index (χ3n) is 3.05. The zero-order valence-corrected chi connectivity index (χ0v) is 10.7.